The van der Waals surface area contributed by atoms with Gasteiger partial charge in [-0.2, -0.15) is 0 Å². The van der Waals surface area contributed by atoms with Crippen molar-refractivity contribution in [2.75, 3.05) is 23.9 Å². The average Bonchev–Trinajstić information content (AvgIpc) is 3.07. The molecule has 2 aromatic heterocycles. The maximum Gasteiger partial charge on any atom is 0.226 e. The molecule has 2 unspecified atom stereocenters. The number of nitrogens with one attached hydrogen (secondary N) is 1. The van der Waals surface area contributed by atoms with Crippen molar-refractivity contribution in [1.29, 1.82) is 0 Å². The first-order chi connectivity index (χ1) is 13.7. The van der Waals surface area contributed by atoms with Gasteiger partial charge in [0.2, 0.25) is 5.91 Å². The van der Waals surface area contributed by atoms with Crippen molar-refractivity contribution in [3.8, 4) is 5.75 Å². The summed E-state index contributed by atoms with van der Waals surface area (Å²) in [6, 6.07) is 3.97. The van der Waals surface area contributed by atoms with E-state index in [0.29, 0.717) is 42.3 Å². The van der Waals surface area contributed by atoms with Crippen LogP contribution in [0.4, 0.5) is 11.5 Å². The fourth-order valence-corrected chi connectivity index (χ4v) is 4.36. The molecule has 1 N–H and O–H groups in total. The number of anilines is 2. The molecule has 0 spiro atoms. The van der Waals surface area contributed by atoms with Gasteiger partial charge in [0, 0.05) is 31.0 Å². The number of carbonyl (C=O) groups is 1. The molecule has 1 aliphatic carbocycles. The number of amides is 1. The number of ether oxygens (including phenoxy) is 1. The van der Waals surface area contributed by atoms with Crippen LogP contribution in [0.2, 0.25) is 0 Å². The summed E-state index contributed by atoms with van der Waals surface area (Å²) in [6.45, 7) is 11.9. The molecule has 1 aliphatic heterocycles. The number of pyridine rings is 1. The Balaban J connectivity index is 1.65. The molecule has 1 fully saturated rings. The second-order valence-electron chi connectivity index (χ2n) is 9.59. The van der Waals surface area contributed by atoms with Gasteiger partial charge < -0.3 is 19.5 Å². The molecular weight excluding hydrogens is 368 g/mol. The highest BCUT2D eigenvalue weighted by molar-refractivity contribution is 5.92. The minimum absolute atomic E-state index is 0.0477. The molecule has 2 aromatic rings. The highest BCUT2D eigenvalue weighted by Crippen LogP contribution is 2.59. The van der Waals surface area contributed by atoms with Gasteiger partial charge in [-0.1, -0.05) is 32.9 Å². The van der Waals surface area contributed by atoms with E-state index in [4.69, 9.17) is 14.2 Å². The Morgan fingerprint density at radius 3 is 2.76 bits per heavy atom. The first-order valence-electron chi connectivity index (χ1n) is 10.2. The lowest BCUT2D eigenvalue weighted by Gasteiger charge is -2.30. The van der Waals surface area contributed by atoms with E-state index in [1.54, 1.807) is 7.11 Å². The number of hydrogen-bond acceptors (Lipinski definition) is 6. The number of aromatic nitrogens is 2. The van der Waals surface area contributed by atoms with Crippen LogP contribution in [0.1, 0.15) is 57.2 Å². The van der Waals surface area contributed by atoms with Crippen molar-refractivity contribution < 1.29 is 14.1 Å². The van der Waals surface area contributed by atoms with E-state index in [2.05, 4.69) is 22.3 Å². The van der Waals surface area contributed by atoms with Gasteiger partial charge in [0.25, 0.3) is 0 Å². The van der Waals surface area contributed by atoms with E-state index < -0.39 is 0 Å². The van der Waals surface area contributed by atoms with E-state index in [0.717, 1.165) is 29.4 Å². The summed E-state index contributed by atoms with van der Waals surface area (Å²) in [5.41, 5.74) is 2.88. The Kier molecular flexibility index (Phi) is 4.79. The van der Waals surface area contributed by atoms with E-state index in [1.807, 2.05) is 39.8 Å². The molecule has 0 radical (unpaired) electrons. The second kappa shape index (κ2) is 7.04. The van der Waals surface area contributed by atoms with Gasteiger partial charge in [-0.3, -0.25) is 4.79 Å². The molecule has 156 valence electrons. The third-order valence-corrected chi connectivity index (χ3v) is 5.84. The minimum atomic E-state index is -0.0896. The topological polar surface area (TPSA) is 80.5 Å². The van der Waals surface area contributed by atoms with Crippen molar-refractivity contribution in [3.63, 3.8) is 0 Å². The molecule has 7 heteroatoms. The molecule has 3 atom stereocenters. The van der Waals surface area contributed by atoms with Crippen molar-refractivity contribution >= 4 is 17.4 Å². The lowest BCUT2D eigenvalue weighted by atomic mass is 9.92. The zero-order valence-corrected chi connectivity index (χ0v) is 18.1. The van der Waals surface area contributed by atoms with Gasteiger partial charge in [-0.25, -0.2) is 4.98 Å². The molecule has 0 bridgehead atoms. The van der Waals surface area contributed by atoms with E-state index in [-0.39, 0.29) is 11.3 Å². The zero-order chi connectivity index (χ0) is 20.9. The third kappa shape index (κ3) is 3.95. The van der Waals surface area contributed by atoms with Crippen molar-refractivity contribution in [2.24, 2.45) is 17.3 Å². The maximum atomic E-state index is 12.5. The number of aryl methyl sites for hydroxylation is 1. The second-order valence-corrected chi connectivity index (χ2v) is 9.59. The third-order valence-electron chi connectivity index (χ3n) is 5.84. The normalized spacial score (nSPS) is 22.7. The minimum Gasteiger partial charge on any atom is -0.493 e. The summed E-state index contributed by atoms with van der Waals surface area (Å²) in [4.78, 5) is 19.7. The predicted molar refractivity (Wildman–Crippen MR) is 111 cm³/mol. The Morgan fingerprint density at radius 2 is 2.14 bits per heavy atom. The highest BCUT2D eigenvalue weighted by Gasteiger charge is 2.53. The summed E-state index contributed by atoms with van der Waals surface area (Å²) < 4.78 is 11.0. The van der Waals surface area contributed by atoms with E-state index in [9.17, 15) is 4.79 Å². The molecule has 0 saturated heterocycles. The lowest BCUT2D eigenvalue weighted by Crippen LogP contribution is -2.30. The smallest absolute Gasteiger partial charge is 0.226 e. The SMILES string of the molecule is COc1cc2c(nc1NC(=O)CC(C)(C)C)C1C(CN2Cc2cc(C)no2)[C@H]1C. The molecule has 0 aromatic carbocycles. The number of carbonyl (C=O) groups excluding carboxylic acids is 1. The van der Waals surface area contributed by atoms with Crippen LogP contribution in [-0.4, -0.2) is 29.7 Å². The van der Waals surface area contributed by atoms with Gasteiger partial charge in [-0.15, -0.1) is 0 Å². The van der Waals surface area contributed by atoms with Crippen LogP contribution in [0.25, 0.3) is 0 Å². The fraction of sp³-hybridized carbons (Fsp3) is 0.591. The molecule has 2 aliphatic rings. The first kappa shape index (κ1) is 19.7. The van der Waals surface area contributed by atoms with Crippen molar-refractivity contribution in [2.45, 2.75) is 53.5 Å². The average molecular weight is 399 g/mol. The Hall–Kier alpha value is -2.57. The Bertz CT molecular complexity index is 931. The molecule has 3 heterocycles. The highest BCUT2D eigenvalue weighted by atomic mass is 16.5. The summed E-state index contributed by atoms with van der Waals surface area (Å²) in [5, 5.41) is 6.97. The molecule has 4 rings (SSSR count). The molecule has 1 amide bonds. The zero-order valence-electron chi connectivity index (χ0n) is 18.1. The van der Waals surface area contributed by atoms with Crippen LogP contribution in [0.15, 0.2) is 16.7 Å². The van der Waals surface area contributed by atoms with Crippen LogP contribution in [0.5, 0.6) is 5.75 Å². The van der Waals surface area contributed by atoms with Crippen LogP contribution in [0.3, 0.4) is 0 Å². The van der Waals surface area contributed by atoms with Crippen molar-refractivity contribution in [1.82, 2.24) is 10.1 Å². The quantitative estimate of drug-likeness (QED) is 0.816. The molecular formula is C22H30N4O3. The molecule has 7 nitrogen and oxygen atoms in total. The summed E-state index contributed by atoms with van der Waals surface area (Å²) in [6.07, 6.45) is 0.425. The number of methoxy groups -OCH3 is 1. The monoisotopic (exact) mass is 398 g/mol. The maximum absolute atomic E-state index is 12.5. The molecule has 29 heavy (non-hydrogen) atoms. The number of rotatable bonds is 5. The number of hydrogen-bond donors (Lipinski definition) is 1. The first-order valence-corrected chi connectivity index (χ1v) is 10.2. The van der Waals surface area contributed by atoms with Gasteiger partial charge in [-0.05, 0) is 24.2 Å². The Labute approximate surface area is 171 Å². The van der Waals surface area contributed by atoms with Crippen LogP contribution >= 0.6 is 0 Å². The fourth-order valence-electron chi connectivity index (χ4n) is 4.36. The molecule has 1 saturated carbocycles. The van der Waals surface area contributed by atoms with Gasteiger partial charge >= 0.3 is 0 Å². The largest absolute Gasteiger partial charge is 0.493 e. The van der Waals surface area contributed by atoms with Crippen molar-refractivity contribution in [3.05, 3.63) is 29.3 Å². The number of nitrogens with zero attached hydrogens (tertiary/aromatic N) is 3. The number of fused-ring (bicyclic) bond motifs is 3. The van der Waals surface area contributed by atoms with Crippen LogP contribution in [-0.2, 0) is 11.3 Å². The van der Waals surface area contributed by atoms with Gasteiger partial charge in [0.15, 0.2) is 17.3 Å². The van der Waals surface area contributed by atoms with Crippen LogP contribution in [0, 0.1) is 24.2 Å². The van der Waals surface area contributed by atoms with Crippen LogP contribution < -0.4 is 15.0 Å². The van der Waals surface area contributed by atoms with Gasteiger partial charge in [0.05, 0.1) is 30.7 Å². The summed E-state index contributed by atoms with van der Waals surface area (Å²) in [7, 11) is 1.61. The van der Waals surface area contributed by atoms with E-state index in [1.165, 1.54) is 0 Å². The predicted octanol–water partition coefficient (Wildman–Crippen LogP) is 4.13. The Morgan fingerprint density at radius 1 is 1.38 bits per heavy atom. The summed E-state index contributed by atoms with van der Waals surface area (Å²) >= 11 is 0. The lowest BCUT2D eigenvalue weighted by molar-refractivity contribution is -0.117. The summed E-state index contributed by atoms with van der Waals surface area (Å²) in [5.74, 6) is 3.46. The van der Waals surface area contributed by atoms with E-state index >= 15 is 0 Å². The standard InChI is InChI=1S/C22H30N4O3/c1-12-7-14(29-25-12)10-26-11-15-13(2)19(15)20-16(26)8-17(28-6)21(24-20)23-18(27)9-22(3,4)5/h7-8,13,15,19H,9-11H2,1-6H3,(H,23,24,27)/t13-,15?,19?/m1/s1. The van der Waals surface area contributed by atoms with Gasteiger partial charge in [0.1, 0.15) is 0 Å².